The lowest BCUT2D eigenvalue weighted by Crippen LogP contribution is -2.19. The first kappa shape index (κ1) is 7.40. The van der Waals surface area contributed by atoms with Gasteiger partial charge in [0.15, 0.2) is 5.82 Å². The zero-order valence-corrected chi connectivity index (χ0v) is 6.86. The lowest BCUT2D eigenvalue weighted by molar-refractivity contribution is 0.320. The highest BCUT2D eigenvalue weighted by atomic mass is 19.1. The number of anilines is 1. The maximum absolute atomic E-state index is 13.3. The molecule has 0 amide bonds. The zero-order chi connectivity index (χ0) is 8.55. The SMILES string of the molecule is Cc1ccc2c(c1F)NCCO2. The molecule has 0 unspecified atom stereocenters. The van der Waals surface area contributed by atoms with Crippen LogP contribution < -0.4 is 10.1 Å². The van der Waals surface area contributed by atoms with E-state index in [0.29, 0.717) is 30.2 Å². The van der Waals surface area contributed by atoms with Crippen molar-refractivity contribution in [3.05, 3.63) is 23.5 Å². The number of nitrogens with one attached hydrogen (secondary N) is 1. The number of ether oxygens (including phenoxy) is 1. The number of halogens is 1. The minimum Gasteiger partial charge on any atom is -0.489 e. The predicted octanol–water partition coefficient (Wildman–Crippen LogP) is 1.94. The van der Waals surface area contributed by atoms with Crippen LogP contribution in [0.1, 0.15) is 5.56 Å². The minimum absolute atomic E-state index is 0.202. The molecule has 12 heavy (non-hydrogen) atoms. The first-order valence-electron chi connectivity index (χ1n) is 3.95. The Balaban J connectivity index is 2.54. The molecule has 0 aliphatic carbocycles. The van der Waals surface area contributed by atoms with Gasteiger partial charge in [-0.25, -0.2) is 4.39 Å². The second-order valence-corrected chi connectivity index (χ2v) is 2.84. The molecule has 2 nitrogen and oxygen atoms in total. The first-order chi connectivity index (χ1) is 5.79. The number of fused-ring (bicyclic) bond motifs is 1. The van der Waals surface area contributed by atoms with Gasteiger partial charge in [0, 0.05) is 6.54 Å². The summed E-state index contributed by atoms with van der Waals surface area (Å²) in [4.78, 5) is 0. The summed E-state index contributed by atoms with van der Waals surface area (Å²) in [6.07, 6.45) is 0. The van der Waals surface area contributed by atoms with Crippen LogP contribution in [-0.4, -0.2) is 13.2 Å². The fraction of sp³-hybridized carbons (Fsp3) is 0.333. The molecule has 0 radical (unpaired) electrons. The summed E-state index contributed by atoms with van der Waals surface area (Å²) in [5.74, 6) is 0.413. The lowest BCUT2D eigenvalue weighted by atomic mass is 10.2. The summed E-state index contributed by atoms with van der Waals surface area (Å²) in [5, 5.41) is 2.97. The molecule has 0 fully saturated rings. The van der Waals surface area contributed by atoms with Crippen LogP contribution in [-0.2, 0) is 0 Å². The summed E-state index contributed by atoms with van der Waals surface area (Å²) in [7, 11) is 0. The van der Waals surface area contributed by atoms with Gasteiger partial charge in [-0.2, -0.15) is 0 Å². The van der Waals surface area contributed by atoms with Crippen molar-refractivity contribution in [2.24, 2.45) is 0 Å². The van der Waals surface area contributed by atoms with Crippen molar-refractivity contribution in [3.63, 3.8) is 0 Å². The monoisotopic (exact) mass is 167 g/mol. The number of aryl methyl sites for hydroxylation is 1. The summed E-state index contributed by atoms with van der Waals surface area (Å²) in [6.45, 7) is 3.02. The van der Waals surface area contributed by atoms with Crippen LogP contribution in [0.5, 0.6) is 5.75 Å². The third-order valence-corrected chi connectivity index (χ3v) is 1.96. The van der Waals surface area contributed by atoms with E-state index in [9.17, 15) is 4.39 Å². The smallest absolute Gasteiger partial charge is 0.153 e. The number of benzene rings is 1. The van der Waals surface area contributed by atoms with Crippen molar-refractivity contribution < 1.29 is 9.13 Å². The Labute approximate surface area is 70.3 Å². The summed E-state index contributed by atoms with van der Waals surface area (Å²) < 4.78 is 18.6. The van der Waals surface area contributed by atoms with E-state index >= 15 is 0 Å². The van der Waals surface area contributed by atoms with E-state index in [1.54, 1.807) is 19.1 Å². The van der Waals surface area contributed by atoms with Crippen LogP contribution in [0.2, 0.25) is 0 Å². The summed E-state index contributed by atoms with van der Waals surface area (Å²) >= 11 is 0. The fourth-order valence-electron chi connectivity index (χ4n) is 1.28. The van der Waals surface area contributed by atoms with Crippen LogP contribution in [0.3, 0.4) is 0 Å². The third kappa shape index (κ3) is 1.02. The average molecular weight is 167 g/mol. The van der Waals surface area contributed by atoms with Crippen LogP contribution in [0, 0.1) is 12.7 Å². The Morgan fingerprint density at radius 1 is 1.50 bits per heavy atom. The number of rotatable bonds is 0. The van der Waals surface area contributed by atoms with Crippen molar-refractivity contribution in [3.8, 4) is 5.75 Å². The van der Waals surface area contributed by atoms with Gasteiger partial charge in [0.25, 0.3) is 0 Å². The molecule has 3 heteroatoms. The Morgan fingerprint density at radius 3 is 3.17 bits per heavy atom. The van der Waals surface area contributed by atoms with Crippen molar-refractivity contribution in [2.45, 2.75) is 6.92 Å². The Bertz CT molecular complexity index is 312. The highest BCUT2D eigenvalue weighted by Crippen LogP contribution is 2.31. The molecule has 2 rings (SSSR count). The Morgan fingerprint density at radius 2 is 2.33 bits per heavy atom. The maximum atomic E-state index is 13.3. The van der Waals surface area contributed by atoms with E-state index in [4.69, 9.17) is 4.74 Å². The highest BCUT2D eigenvalue weighted by molar-refractivity contribution is 5.60. The zero-order valence-electron chi connectivity index (χ0n) is 6.86. The molecular formula is C9H10FNO. The topological polar surface area (TPSA) is 21.3 Å². The van der Waals surface area contributed by atoms with Gasteiger partial charge in [-0.1, -0.05) is 6.07 Å². The minimum atomic E-state index is -0.202. The average Bonchev–Trinajstić information content (AvgIpc) is 2.12. The Hall–Kier alpha value is -1.25. The van der Waals surface area contributed by atoms with E-state index in [1.807, 2.05) is 0 Å². The number of hydrogen-bond acceptors (Lipinski definition) is 2. The molecule has 1 aliphatic heterocycles. The standard InChI is InChI=1S/C9H10FNO/c1-6-2-3-7-9(8(6)10)11-4-5-12-7/h2-3,11H,4-5H2,1H3. The predicted molar refractivity (Wildman–Crippen MR) is 45.1 cm³/mol. The molecule has 0 spiro atoms. The normalized spacial score (nSPS) is 14.5. The van der Waals surface area contributed by atoms with Crippen molar-refractivity contribution >= 4 is 5.69 Å². The largest absolute Gasteiger partial charge is 0.489 e. The molecule has 64 valence electrons. The third-order valence-electron chi connectivity index (χ3n) is 1.96. The molecule has 1 aromatic rings. The van der Waals surface area contributed by atoms with E-state index < -0.39 is 0 Å². The van der Waals surface area contributed by atoms with E-state index in [0.717, 1.165) is 0 Å². The van der Waals surface area contributed by atoms with Gasteiger partial charge in [-0.05, 0) is 18.6 Å². The van der Waals surface area contributed by atoms with Crippen LogP contribution in [0.15, 0.2) is 12.1 Å². The summed E-state index contributed by atoms with van der Waals surface area (Å²) in [6, 6.07) is 3.51. The van der Waals surface area contributed by atoms with E-state index in [-0.39, 0.29) is 5.82 Å². The van der Waals surface area contributed by atoms with E-state index in [1.165, 1.54) is 0 Å². The van der Waals surface area contributed by atoms with Crippen LogP contribution >= 0.6 is 0 Å². The lowest BCUT2D eigenvalue weighted by Gasteiger charge is -2.19. The number of hydrogen-bond donors (Lipinski definition) is 1. The van der Waals surface area contributed by atoms with Gasteiger partial charge in [-0.15, -0.1) is 0 Å². The second-order valence-electron chi connectivity index (χ2n) is 2.84. The van der Waals surface area contributed by atoms with Gasteiger partial charge in [0.1, 0.15) is 18.0 Å². The maximum Gasteiger partial charge on any atom is 0.153 e. The second kappa shape index (κ2) is 2.66. The molecule has 0 saturated carbocycles. The van der Waals surface area contributed by atoms with Crippen LogP contribution in [0.25, 0.3) is 0 Å². The van der Waals surface area contributed by atoms with Gasteiger partial charge in [0.2, 0.25) is 0 Å². The first-order valence-corrected chi connectivity index (χ1v) is 3.95. The molecular weight excluding hydrogens is 157 g/mol. The molecule has 1 aliphatic rings. The van der Waals surface area contributed by atoms with Gasteiger partial charge in [0.05, 0.1) is 0 Å². The fourth-order valence-corrected chi connectivity index (χ4v) is 1.28. The molecule has 0 bridgehead atoms. The van der Waals surface area contributed by atoms with Gasteiger partial charge >= 0.3 is 0 Å². The summed E-state index contributed by atoms with van der Waals surface area (Å²) in [5.41, 5.74) is 1.15. The Kier molecular flexibility index (Phi) is 1.64. The van der Waals surface area contributed by atoms with Crippen molar-refractivity contribution in [1.29, 1.82) is 0 Å². The molecule has 1 N–H and O–H groups in total. The molecule has 1 heterocycles. The molecule has 0 saturated heterocycles. The molecule has 0 atom stereocenters. The van der Waals surface area contributed by atoms with Crippen molar-refractivity contribution in [2.75, 3.05) is 18.5 Å². The van der Waals surface area contributed by atoms with Gasteiger partial charge < -0.3 is 10.1 Å². The van der Waals surface area contributed by atoms with E-state index in [2.05, 4.69) is 5.32 Å². The van der Waals surface area contributed by atoms with Crippen molar-refractivity contribution in [1.82, 2.24) is 0 Å². The van der Waals surface area contributed by atoms with Gasteiger partial charge in [-0.3, -0.25) is 0 Å². The quantitative estimate of drug-likeness (QED) is 0.637. The molecule has 1 aromatic carbocycles. The van der Waals surface area contributed by atoms with Crippen LogP contribution in [0.4, 0.5) is 10.1 Å². The highest BCUT2D eigenvalue weighted by Gasteiger charge is 2.14. The molecule has 0 aromatic heterocycles.